The van der Waals surface area contributed by atoms with Gasteiger partial charge in [0.2, 0.25) is 17.6 Å². The summed E-state index contributed by atoms with van der Waals surface area (Å²) >= 11 is 0. The van der Waals surface area contributed by atoms with E-state index in [1.54, 1.807) is 6.07 Å². The molecular weight excluding hydrogens is 683 g/mol. The summed E-state index contributed by atoms with van der Waals surface area (Å²) in [5.74, 6) is -1.75. The molecule has 6 rings (SSSR count). The second kappa shape index (κ2) is 16.8. The van der Waals surface area contributed by atoms with Crippen LogP contribution in [0, 0.1) is 24.6 Å². The second-order valence-corrected chi connectivity index (χ2v) is 14.0. The Balaban J connectivity index is 1.14. The SMILES string of the molecule is Cc1cc(C(=O)NC2CCC(O)C2)ccc1-c1ccc(C[C@H](NC(=O)C2CCC(CNC(=O)O)CC2)C(=O)Nc2ccc(-c3nn[nH]n3)c(F)c2)cc1. The first kappa shape index (κ1) is 37.1. The summed E-state index contributed by atoms with van der Waals surface area (Å²) in [5, 5.41) is 43.1. The maximum Gasteiger partial charge on any atom is 0.404 e. The standard InChI is InChI=1S/C38H43FN8O6/c1-21-16-26(36(50)41-27-11-13-29(48)18-27)10-14-30(21)24-6-2-22(3-7-24)17-33(43-35(49)25-8-4-23(5-9-25)20-40-38(52)53)37(51)42-28-12-15-31(32(39)19-28)34-44-46-47-45-34/h2-3,6-7,10,12,14-16,19,23,25,27,29,33,40,48H,4-5,8-9,11,13,17-18,20H2,1H3,(H,41,50)(H,42,51)(H,43,49)(H,52,53)(H,44,45,46,47)/t23?,25?,27?,29?,33-/m0/s1. The Kier molecular flexibility index (Phi) is 11.7. The van der Waals surface area contributed by atoms with E-state index >= 15 is 0 Å². The van der Waals surface area contributed by atoms with Gasteiger partial charge in [0.05, 0.1) is 11.7 Å². The van der Waals surface area contributed by atoms with Crippen LogP contribution in [-0.2, 0) is 16.0 Å². The van der Waals surface area contributed by atoms with E-state index in [1.165, 1.54) is 12.1 Å². The minimum Gasteiger partial charge on any atom is -0.465 e. The highest BCUT2D eigenvalue weighted by Crippen LogP contribution is 2.30. The van der Waals surface area contributed by atoms with Gasteiger partial charge in [-0.2, -0.15) is 5.21 Å². The number of tetrazole rings is 1. The fraction of sp³-hybridized carbons (Fsp3) is 0.395. The summed E-state index contributed by atoms with van der Waals surface area (Å²) in [6.07, 6.45) is 3.19. The third-order valence-electron chi connectivity index (χ3n) is 10.1. The van der Waals surface area contributed by atoms with E-state index < -0.39 is 23.9 Å². The van der Waals surface area contributed by atoms with E-state index in [-0.39, 0.29) is 59.3 Å². The number of carbonyl (C=O) groups excluding carboxylic acids is 3. The maximum absolute atomic E-state index is 15.0. The van der Waals surface area contributed by atoms with E-state index in [0.29, 0.717) is 50.6 Å². The van der Waals surface area contributed by atoms with Crippen molar-refractivity contribution in [3.05, 3.63) is 83.2 Å². The molecule has 0 aliphatic heterocycles. The largest absolute Gasteiger partial charge is 0.465 e. The molecule has 3 atom stereocenters. The number of carboxylic acid groups (broad SMARTS) is 1. The fourth-order valence-electron chi connectivity index (χ4n) is 7.18. The van der Waals surface area contributed by atoms with Gasteiger partial charge in [0, 0.05) is 36.2 Å². The third-order valence-corrected chi connectivity index (χ3v) is 10.1. The quantitative estimate of drug-likeness (QED) is 0.110. The highest BCUT2D eigenvalue weighted by atomic mass is 19.1. The molecule has 0 saturated heterocycles. The minimum atomic E-state index is -1.08. The van der Waals surface area contributed by atoms with E-state index in [9.17, 15) is 28.7 Å². The molecule has 2 aliphatic rings. The molecule has 2 unspecified atom stereocenters. The van der Waals surface area contributed by atoms with Gasteiger partial charge in [0.1, 0.15) is 11.9 Å². The lowest BCUT2D eigenvalue weighted by Gasteiger charge is -2.29. The number of anilines is 1. The number of H-pyrrole nitrogens is 1. The van der Waals surface area contributed by atoms with Gasteiger partial charge >= 0.3 is 6.09 Å². The highest BCUT2D eigenvalue weighted by molar-refractivity contribution is 5.98. The van der Waals surface area contributed by atoms with Gasteiger partial charge in [0.25, 0.3) is 5.91 Å². The average molecular weight is 727 g/mol. The zero-order valence-corrected chi connectivity index (χ0v) is 29.3. The van der Waals surface area contributed by atoms with Crippen molar-refractivity contribution in [2.24, 2.45) is 11.8 Å². The van der Waals surface area contributed by atoms with Gasteiger partial charge in [-0.3, -0.25) is 14.4 Å². The predicted octanol–water partition coefficient (Wildman–Crippen LogP) is 4.36. The van der Waals surface area contributed by atoms with Crippen molar-refractivity contribution in [3.63, 3.8) is 0 Å². The van der Waals surface area contributed by atoms with Crippen LogP contribution in [0.15, 0.2) is 60.7 Å². The van der Waals surface area contributed by atoms with Gasteiger partial charge in [-0.15, -0.1) is 10.2 Å². The van der Waals surface area contributed by atoms with E-state index in [2.05, 4.69) is 41.9 Å². The number of hydrogen-bond acceptors (Lipinski definition) is 8. The third kappa shape index (κ3) is 9.60. The number of halogens is 1. The number of nitrogens with zero attached hydrogens (tertiary/aromatic N) is 3. The molecule has 1 heterocycles. The molecule has 2 fully saturated rings. The number of rotatable bonds is 12. The van der Waals surface area contributed by atoms with Crippen molar-refractivity contribution >= 4 is 29.5 Å². The zero-order valence-electron chi connectivity index (χ0n) is 29.3. The molecule has 7 N–H and O–H groups in total. The first-order valence-corrected chi connectivity index (χ1v) is 17.8. The van der Waals surface area contributed by atoms with Crippen LogP contribution < -0.4 is 21.3 Å². The number of aliphatic hydroxyl groups excluding tert-OH is 1. The molecule has 4 amide bonds. The van der Waals surface area contributed by atoms with Crippen LogP contribution in [0.2, 0.25) is 0 Å². The molecule has 53 heavy (non-hydrogen) atoms. The molecule has 14 nitrogen and oxygen atoms in total. The van der Waals surface area contributed by atoms with Gasteiger partial charge < -0.3 is 31.5 Å². The molecule has 2 aliphatic carbocycles. The van der Waals surface area contributed by atoms with Crippen molar-refractivity contribution < 1.29 is 33.8 Å². The lowest BCUT2D eigenvalue weighted by atomic mass is 9.81. The Labute approximate surface area is 305 Å². The van der Waals surface area contributed by atoms with Gasteiger partial charge in [-0.1, -0.05) is 30.3 Å². The molecule has 0 radical (unpaired) electrons. The molecule has 2 saturated carbocycles. The summed E-state index contributed by atoms with van der Waals surface area (Å²) in [5.41, 5.74) is 4.38. The van der Waals surface area contributed by atoms with Crippen molar-refractivity contribution in [3.8, 4) is 22.5 Å². The van der Waals surface area contributed by atoms with Gasteiger partial charge in [0.15, 0.2) is 0 Å². The Bertz CT molecular complexity index is 1930. The number of benzene rings is 3. The van der Waals surface area contributed by atoms with Gasteiger partial charge in [-0.05, 0) is 116 Å². The van der Waals surface area contributed by atoms with Crippen molar-refractivity contribution in [2.45, 2.75) is 76.5 Å². The second-order valence-electron chi connectivity index (χ2n) is 14.0. The van der Waals surface area contributed by atoms with Crippen LogP contribution in [0.4, 0.5) is 14.9 Å². The Morgan fingerprint density at radius 3 is 2.34 bits per heavy atom. The summed E-state index contributed by atoms with van der Waals surface area (Å²) in [6, 6.07) is 16.2. The van der Waals surface area contributed by atoms with Crippen LogP contribution in [0.25, 0.3) is 22.5 Å². The first-order valence-electron chi connectivity index (χ1n) is 17.8. The molecule has 15 heteroatoms. The van der Waals surface area contributed by atoms with Crippen LogP contribution in [-0.4, -0.2) is 79.4 Å². The van der Waals surface area contributed by atoms with Crippen LogP contribution in [0.1, 0.15) is 66.4 Å². The maximum atomic E-state index is 15.0. The number of hydrogen-bond donors (Lipinski definition) is 7. The summed E-state index contributed by atoms with van der Waals surface area (Å²) in [6.45, 7) is 2.26. The molecule has 3 aromatic carbocycles. The Hall–Kier alpha value is -5.70. The number of aliphatic hydroxyl groups is 1. The fourth-order valence-corrected chi connectivity index (χ4v) is 7.18. The first-order chi connectivity index (χ1) is 25.5. The topological polar surface area (TPSA) is 211 Å². The van der Waals surface area contributed by atoms with Crippen LogP contribution >= 0.6 is 0 Å². The van der Waals surface area contributed by atoms with Crippen molar-refractivity contribution in [1.29, 1.82) is 0 Å². The van der Waals surface area contributed by atoms with Crippen molar-refractivity contribution in [2.75, 3.05) is 11.9 Å². The number of aromatic amines is 1. The van der Waals surface area contributed by atoms with E-state index in [0.717, 1.165) is 34.7 Å². The lowest BCUT2D eigenvalue weighted by molar-refractivity contribution is -0.130. The monoisotopic (exact) mass is 726 g/mol. The number of nitrogens with one attached hydrogen (secondary N) is 5. The molecule has 4 aromatic rings. The van der Waals surface area contributed by atoms with E-state index in [4.69, 9.17) is 5.11 Å². The Morgan fingerprint density at radius 1 is 0.943 bits per heavy atom. The lowest BCUT2D eigenvalue weighted by Crippen LogP contribution is -2.48. The predicted molar refractivity (Wildman–Crippen MR) is 193 cm³/mol. The normalized spacial score (nSPS) is 20.3. The number of aromatic nitrogens is 4. The zero-order chi connectivity index (χ0) is 37.5. The minimum absolute atomic E-state index is 0.0341. The molecule has 278 valence electrons. The summed E-state index contributed by atoms with van der Waals surface area (Å²) in [4.78, 5) is 51.0. The number of carbonyl (C=O) groups is 4. The number of aryl methyl sites for hydroxylation is 1. The average Bonchev–Trinajstić information content (AvgIpc) is 3.83. The van der Waals surface area contributed by atoms with E-state index in [1.807, 2.05) is 43.3 Å². The molecular formula is C38H43FN8O6. The Morgan fingerprint density at radius 2 is 1.70 bits per heavy atom. The van der Waals surface area contributed by atoms with Gasteiger partial charge in [-0.25, -0.2) is 9.18 Å². The highest BCUT2D eigenvalue weighted by Gasteiger charge is 2.30. The van der Waals surface area contributed by atoms with Crippen LogP contribution in [0.3, 0.4) is 0 Å². The molecule has 0 spiro atoms. The van der Waals surface area contributed by atoms with Crippen LogP contribution in [0.5, 0.6) is 0 Å². The number of amides is 4. The smallest absolute Gasteiger partial charge is 0.404 e. The molecule has 0 bridgehead atoms. The summed E-state index contributed by atoms with van der Waals surface area (Å²) in [7, 11) is 0. The van der Waals surface area contributed by atoms with Crippen molar-refractivity contribution in [1.82, 2.24) is 36.6 Å². The summed E-state index contributed by atoms with van der Waals surface area (Å²) < 4.78 is 15.0. The molecule has 1 aromatic heterocycles.